The molecule has 0 bridgehead atoms. The molecule has 3 aromatic rings. The van der Waals surface area contributed by atoms with Crippen LogP contribution in [0.5, 0.6) is 0 Å². The summed E-state index contributed by atoms with van der Waals surface area (Å²) in [5.41, 5.74) is 2.71. The standard InChI is InChI=1S/C24H27FN4O3S/c1-18-24(19(2)29(26-18)17-20-7-4-3-5-8-20)33(31,32)28-13-11-27(12-14-28)23(30)16-21-9-6-10-22(25)15-21/h3-10,15H,11-14,16-17H2,1-2H3. The Morgan fingerprint density at radius 2 is 1.64 bits per heavy atom. The zero-order valence-corrected chi connectivity index (χ0v) is 19.6. The average Bonchev–Trinajstić information content (AvgIpc) is 3.07. The van der Waals surface area contributed by atoms with Crippen molar-refractivity contribution in [1.82, 2.24) is 19.0 Å². The topological polar surface area (TPSA) is 75.5 Å². The van der Waals surface area contributed by atoms with Crippen molar-refractivity contribution in [3.63, 3.8) is 0 Å². The number of amides is 1. The van der Waals surface area contributed by atoms with Gasteiger partial charge in [0.1, 0.15) is 10.7 Å². The van der Waals surface area contributed by atoms with Crippen molar-refractivity contribution in [1.29, 1.82) is 0 Å². The summed E-state index contributed by atoms with van der Waals surface area (Å²) >= 11 is 0. The van der Waals surface area contributed by atoms with E-state index in [1.807, 2.05) is 30.3 Å². The van der Waals surface area contributed by atoms with Gasteiger partial charge >= 0.3 is 0 Å². The van der Waals surface area contributed by atoms with Crippen molar-refractivity contribution in [3.05, 3.63) is 82.9 Å². The van der Waals surface area contributed by atoms with Crippen LogP contribution in [0, 0.1) is 19.7 Å². The first-order valence-corrected chi connectivity index (χ1v) is 12.3. The van der Waals surface area contributed by atoms with Gasteiger partial charge in [-0.25, -0.2) is 12.8 Å². The minimum absolute atomic E-state index is 0.0922. The van der Waals surface area contributed by atoms with Crippen molar-refractivity contribution in [3.8, 4) is 0 Å². The molecule has 4 rings (SSSR count). The second-order valence-corrected chi connectivity index (χ2v) is 10.1. The summed E-state index contributed by atoms with van der Waals surface area (Å²) in [6.45, 7) is 4.98. The van der Waals surface area contributed by atoms with Crippen LogP contribution < -0.4 is 0 Å². The van der Waals surface area contributed by atoms with Crippen LogP contribution in [-0.4, -0.2) is 59.5 Å². The van der Waals surface area contributed by atoms with Gasteiger partial charge in [-0.3, -0.25) is 9.48 Å². The van der Waals surface area contributed by atoms with E-state index in [1.165, 1.54) is 16.4 Å². The monoisotopic (exact) mass is 470 g/mol. The minimum Gasteiger partial charge on any atom is -0.340 e. The van der Waals surface area contributed by atoms with Crippen molar-refractivity contribution >= 4 is 15.9 Å². The molecular weight excluding hydrogens is 443 g/mol. The molecule has 0 spiro atoms. The Kier molecular flexibility index (Phi) is 6.62. The molecule has 0 N–H and O–H groups in total. The molecule has 9 heteroatoms. The number of hydrogen-bond donors (Lipinski definition) is 0. The Morgan fingerprint density at radius 3 is 2.30 bits per heavy atom. The summed E-state index contributed by atoms with van der Waals surface area (Å²) < 4.78 is 43.4. The molecule has 0 saturated carbocycles. The number of rotatable bonds is 6. The molecule has 1 amide bonds. The maximum atomic E-state index is 13.4. The van der Waals surface area contributed by atoms with E-state index in [2.05, 4.69) is 5.10 Å². The molecule has 2 heterocycles. The number of hydrogen-bond acceptors (Lipinski definition) is 4. The molecule has 174 valence electrons. The minimum atomic E-state index is -3.75. The van der Waals surface area contributed by atoms with Crippen LogP contribution in [0.15, 0.2) is 59.5 Å². The lowest BCUT2D eigenvalue weighted by molar-refractivity contribution is -0.131. The smallest absolute Gasteiger partial charge is 0.246 e. The number of nitrogens with zero attached hydrogens (tertiary/aromatic N) is 4. The highest BCUT2D eigenvalue weighted by Crippen LogP contribution is 2.25. The maximum Gasteiger partial charge on any atom is 0.246 e. The molecule has 7 nitrogen and oxygen atoms in total. The van der Waals surface area contributed by atoms with E-state index < -0.39 is 10.0 Å². The van der Waals surface area contributed by atoms with E-state index in [9.17, 15) is 17.6 Å². The predicted octanol–water partition coefficient (Wildman–Crippen LogP) is 2.76. The van der Waals surface area contributed by atoms with Gasteiger partial charge in [0.2, 0.25) is 15.9 Å². The molecule has 1 fully saturated rings. The van der Waals surface area contributed by atoms with Crippen LogP contribution in [-0.2, 0) is 27.8 Å². The third-order valence-electron chi connectivity index (χ3n) is 5.92. The van der Waals surface area contributed by atoms with Gasteiger partial charge in [-0.2, -0.15) is 9.40 Å². The van der Waals surface area contributed by atoms with E-state index in [0.29, 0.717) is 36.6 Å². The molecule has 2 aromatic carbocycles. The summed E-state index contributed by atoms with van der Waals surface area (Å²) in [4.78, 5) is 14.5. The molecule has 0 aliphatic carbocycles. The molecule has 1 aliphatic rings. The van der Waals surface area contributed by atoms with Crippen LogP contribution in [0.1, 0.15) is 22.5 Å². The Balaban J connectivity index is 1.44. The van der Waals surface area contributed by atoms with E-state index in [0.717, 1.165) is 5.56 Å². The van der Waals surface area contributed by atoms with Gasteiger partial charge < -0.3 is 4.90 Å². The van der Waals surface area contributed by atoms with Gasteiger partial charge in [0, 0.05) is 26.2 Å². The van der Waals surface area contributed by atoms with Crippen molar-refractivity contribution < 1.29 is 17.6 Å². The van der Waals surface area contributed by atoms with Gasteiger partial charge in [-0.05, 0) is 37.1 Å². The molecule has 0 unspecified atom stereocenters. The molecule has 0 radical (unpaired) electrons. The summed E-state index contributed by atoms with van der Waals surface area (Å²) in [5.74, 6) is -0.518. The first-order chi connectivity index (χ1) is 15.8. The number of carbonyl (C=O) groups is 1. The number of carbonyl (C=O) groups excluding carboxylic acids is 1. The fraction of sp³-hybridized carbons (Fsp3) is 0.333. The molecule has 1 saturated heterocycles. The second kappa shape index (κ2) is 9.44. The van der Waals surface area contributed by atoms with Crippen LogP contribution in [0.25, 0.3) is 0 Å². The lowest BCUT2D eigenvalue weighted by Gasteiger charge is -2.34. The number of sulfonamides is 1. The third-order valence-corrected chi connectivity index (χ3v) is 8.08. The number of benzene rings is 2. The van der Waals surface area contributed by atoms with Crippen molar-refractivity contribution in [2.24, 2.45) is 0 Å². The van der Waals surface area contributed by atoms with Crippen molar-refractivity contribution in [2.75, 3.05) is 26.2 Å². The quantitative estimate of drug-likeness (QED) is 0.555. The highest BCUT2D eigenvalue weighted by atomic mass is 32.2. The number of halogens is 1. The summed E-state index contributed by atoms with van der Waals surface area (Å²) in [5, 5.41) is 4.48. The Morgan fingerprint density at radius 1 is 0.970 bits per heavy atom. The lowest BCUT2D eigenvalue weighted by Crippen LogP contribution is -2.51. The van der Waals surface area contributed by atoms with E-state index in [-0.39, 0.29) is 36.1 Å². The molecule has 0 atom stereocenters. The summed E-state index contributed by atoms with van der Waals surface area (Å²) in [6, 6.07) is 15.7. The van der Waals surface area contributed by atoms with Crippen LogP contribution in [0.2, 0.25) is 0 Å². The highest BCUT2D eigenvalue weighted by Gasteiger charge is 2.34. The van der Waals surface area contributed by atoms with Crippen molar-refractivity contribution in [2.45, 2.75) is 31.7 Å². The van der Waals surface area contributed by atoms with Crippen LogP contribution in [0.4, 0.5) is 4.39 Å². The van der Waals surface area contributed by atoms with Crippen LogP contribution in [0.3, 0.4) is 0 Å². The van der Waals surface area contributed by atoms with Gasteiger partial charge in [0.25, 0.3) is 0 Å². The molecule has 1 aliphatic heterocycles. The summed E-state index contributed by atoms with van der Waals surface area (Å²) in [7, 11) is -3.75. The van der Waals surface area contributed by atoms with E-state index >= 15 is 0 Å². The van der Waals surface area contributed by atoms with E-state index in [4.69, 9.17) is 0 Å². The average molecular weight is 471 g/mol. The predicted molar refractivity (Wildman–Crippen MR) is 123 cm³/mol. The van der Waals surface area contributed by atoms with E-state index in [1.54, 1.807) is 35.6 Å². The maximum absolute atomic E-state index is 13.4. The second-order valence-electron chi connectivity index (χ2n) is 8.23. The zero-order valence-electron chi connectivity index (χ0n) is 18.7. The Labute approximate surface area is 193 Å². The first kappa shape index (κ1) is 23.1. The fourth-order valence-electron chi connectivity index (χ4n) is 4.20. The Bertz CT molecular complexity index is 1250. The largest absolute Gasteiger partial charge is 0.340 e. The highest BCUT2D eigenvalue weighted by molar-refractivity contribution is 7.89. The van der Waals surface area contributed by atoms with Gasteiger partial charge in [0.05, 0.1) is 24.4 Å². The molecule has 1 aromatic heterocycles. The first-order valence-electron chi connectivity index (χ1n) is 10.9. The summed E-state index contributed by atoms with van der Waals surface area (Å²) in [6.07, 6.45) is 0.0922. The number of piperazine rings is 1. The SMILES string of the molecule is Cc1nn(Cc2ccccc2)c(C)c1S(=O)(=O)N1CCN(C(=O)Cc2cccc(F)c2)CC1. The Hall–Kier alpha value is -3.04. The normalized spacial score (nSPS) is 15.1. The van der Waals surface area contributed by atoms with Gasteiger partial charge in [-0.15, -0.1) is 0 Å². The number of aryl methyl sites for hydroxylation is 1. The number of aromatic nitrogens is 2. The fourth-order valence-corrected chi connectivity index (χ4v) is 6.00. The van der Waals surface area contributed by atoms with Gasteiger partial charge in [-0.1, -0.05) is 42.5 Å². The lowest BCUT2D eigenvalue weighted by atomic mass is 10.1. The molecule has 33 heavy (non-hydrogen) atoms. The molecular formula is C24H27FN4O3S. The van der Waals surface area contributed by atoms with Crippen LogP contribution >= 0.6 is 0 Å². The van der Waals surface area contributed by atoms with Gasteiger partial charge in [0.15, 0.2) is 0 Å². The third kappa shape index (κ3) is 4.99. The zero-order chi connectivity index (χ0) is 23.6.